The molecule has 1 amide bonds. The maximum absolute atomic E-state index is 12.1. The standard InChI is InChI=1S/C12H11Br2N3O/c1-7-5-11(16-17(7)2)15-12(18)9-6-8(13)3-4-10(9)14/h3-6H,1-2H3,(H,15,16,18). The van der Waals surface area contributed by atoms with Gasteiger partial charge in [0.1, 0.15) is 0 Å². The van der Waals surface area contributed by atoms with Crippen LogP contribution in [0.2, 0.25) is 0 Å². The molecule has 1 N–H and O–H groups in total. The van der Waals surface area contributed by atoms with Crippen molar-refractivity contribution in [2.45, 2.75) is 6.92 Å². The molecular formula is C12H11Br2N3O. The Morgan fingerprint density at radius 2 is 2.06 bits per heavy atom. The van der Waals surface area contributed by atoms with Gasteiger partial charge >= 0.3 is 0 Å². The Balaban J connectivity index is 2.24. The number of hydrogen-bond donors (Lipinski definition) is 1. The van der Waals surface area contributed by atoms with Crippen molar-refractivity contribution in [3.8, 4) is 0 Å². The number of rotatable bonds is 2. The lowest BCUT2D eigenvalue weighted by Gasteiger charge is -2.04. The van der Waals surface area contributed by atoms with Gasteiger partial charge in [0.25, 0.3) is 5.91 Å². The molecule has 0 aliphatic rings. The molecular weight excluding hydrogens is 362 g/mol. The Kier molecular flexibility index (Phi) is 3.87. The van der Waals surface area contributed by atoms with Crippen LogP contribution in [0.15, 0.2) is 33.2 Å². The van der Waals surface area contributed by atoms with E-state index in [1.165, 1.54) is 0 Å². The minimum atomic E-state index is -0.193. The minimum Gasteiger partial charge on any atom is -0.305 e. The van der Waals surface area contributed by atoms with Crippen LogP contribution in [0.4, 0.5) is 5.82 Å². The Hall–Kier alpha value is -1.14. The second-order valence-corrected chi connectivity index (χ2v) is 5.64. The summed E-state index contributed by atoms with van der Waals surface area (Å²) in [5.74, 6) is 0.355. The Labute approximate surface area is 122 Å². The van der Waals surface area contributed by atoms with Crippen LogP contribution in [0.3, 0.4) is 0 Å². The maximum atomic E-state index is 12.1. The van der Waals surface area contributed by atoms with Crippen molar-refractivity contribution in [2.24, 2.45) is 7.05 Å². The summed E-state index contributed by atoms with van der Waals surface area (Å²) in [6, 6.07) is 7.27. The van der Waals surface area contributed by atoms with Gasteiger partial charge in [-0.2, -0.15) is 5.10 Å². The van der Waals surface area contributed by atoms with Crippen LogP contribution in [0.5, 0.6) is 0 Å². The van der Waals surface area contributed by atoms with Crippen LogP contribution in [-0.4, -0.2) is 15.7 Å². The predicted octanol–water partition coefficient (Wildman–Crippen LogP) is 3.51. The van der Waals surface area contributed by atoms with Crippen molar-refractivity contribution in [1.29, 1.82) is 0 Å². The number of aryl methyl sites for hydroxylation is 2. The third-order valence-electron chi connectivity index (χ3n) is 2.53. The third-order valence-corrected chi connectivity index (χ3v) is 3.71. The molecule has 0 spiro atoms. The number of hydrogen-bond acceptors (Lipinski definition) is 2. The first kappa shape index (κ1) is 13.3. The van der Waals surface area contributed by atoms with E-state index in [9.17, 15) is 4.79 Å². The lowest BCUT2D eigenvalue weighted by atomic mass is 10.2. The largest absolute Gasteiger partial charge is 0.305 e. The Morgan fingerprint density at radius 3 is 2.67 bits per heavy atom. The number of amides is 1. The van der Waals surface area contributed by atoms with Crippen LogP contribution in [-0.2, 0) is 7.05 Å². The molecule has 2 aromatic rings. The smallest absolute Gasteiger partial charge is 0.258 e. The summed E-state index contributed by atoms with van der Waals surface area (Å²) in [5.41, 5.74) is 1.55. The van der Waals surface area contributed by atoms with E-state index < -0.39 is 0 Å². The number of nitrogens with one attached hydrogen (secondary N) is 1. The van der Waals surface area contributed by atoms with E-state index in [0.717, 1.165) is 14.6 Å². The molecule has 18 heavy (non-hydrogen) atoms. The van der Waals surface area contributed by atoms with Crippen molar-refractivity contribution in [3.05, 3.63) is 44.5 Å². The molecule has 1 aromatic carbocycles. The number of anilines is 1. The summed E-state index contributed by atoms with van der Waals surface area (Å²) in [5, 5.41) is 6.95. The first-order valence-corrected chi connectivity index (χ1v) is 6.83. The van der Waals surface area contributed by atoms with E-state index in [4.69, 9.17) is 0 Å². The molecule has 0 bridgehead atoms. The predicted molar refractivity (Wildman–Crippen MR) is 77.7 cm³/mol. The molecule has 1 heterocycles. The van der Waals surface area contributed by atoms with E-state index >= 15 is 0 Å². The lowest BCUT2D eigenvalue weighted by Crippen LogP contribution is -2.13. The van der Waals surface area contributed by atoms with Crippen LogP contribution in [0.1, 0.15) is 16.1 Å². The second kappa shape index (κ2) is 5.24. The monoisotopic (exact) mass is 371 g/mol. The van der Waals surface area contributed by atoms with Gasteiger partial charge in [-0.25, -0.2) is 0 Å². The number of carbonyl (C=O) groups is 1. The fourth-order valence-electron chi connectivity index (χ4n) is 1.48. The van der Waals surface area contributed by atoms with Gasteiger partial charge in [0.2, 0.25) is 0 Å². The molecule has 0 atom stereocenters. The number of benzene rings is 1. The molecule has 0 fully saturated rings. The van der Waals surface area contributed by atoms with Crippen molar-refractivity contribution in [3.63, 3.8) is 0 Å². The molecule has 0 unspecified atom stereocenters. The average molecular weight is 373 g/mol. The zero-order valence-electron chi connectivity index (χ0n) is 9.87. The van der Waals surface area contributed by atoms with Gasteiger partial charge in [-0.15, -0.1) is 0 Å². The molecule has 0 radical (unpaired) electrons. The summed E-state index contributed by atoms with van der Waals surface area (Å²) < 4.78 is 3.31. The molecule has 94 valence electrons. The summed E-state index contributed by atoms with van der Waals surface area (Å²) in [6.07, 6.45) is 0. The Morgan fingerprint density at radius 1 is 1.33 bits per heavy atom. The summed E-state index contributed by atoms with van der Waals surface area (Å²) in [4.78, 5) is 12.1. The zero-order chi connectivity index (χ0) is 13.3. The van der Waals surface area contributed by atoms with Gasteiger partial charge in [0, 0.05) is 27.8 Å². The molecule has 0 saturated heterocycles. The van der Waals surface area contributed by atoms with Crippen molar-refractivity contribution < 1.29 is 4.79 Å². The van der Waals surface area contributed by atoms with Gasteiger partial charge in [-0.3, -0.25) is 9.48 Å². The zero-order valence-corrected chi connectivity index (χ0v) is 13.0. The molecule has 0 aliphatic heterocycles. The highest BCUT2D eigenvalue weighted by Crippen LogP contribution is 2.22. The highest BCUT2D eigenvalue weighted by Gasteiger charge is 2.12. The van der Waals surface area contributed by atoms with E-state index in [-0.39, 0.29) is 5.91 Å². The normalized spacial score (nSPS) is 10.4. The molecule has 4 nitrogen and oxygen atoms in total. The molecule has 2 rings (SSSR count). The summed E-state index contributed by atoms with van der Waals surface area (Å²) >= 11 is 6.70. The van der Waals surface area contributed by atoms with Gasteiger partial charge in [0.05, 0.1) is 5.56 Å². The SMILES string of the molecule is Cc1cc(NC(=O)c2cc(Br)ccc2Br)nn1C. The van der Waals surface area contributed by atoms with Crippen LogP contribution in [0, 0.1) is 6.92 Å². The Bertz CT molecular complexity index is 588. The molecule has 6 heteroatoms. The van der Waals surface area contributed by atoms with Crippen LogP contribution in [0.25, 0.3) is 0 Å². The van der Waals surface area contributed by atoms with Crippen LogP contribution < -0.4 is 5.32 Å². The fraction of sp³-hybridized carbons (Fsp3) is 0.167. The van der Waals surface area contributed by atoms with E-state index in [1.807, 2.05) is 32.2 Å². The highest BCUT2D eigenvalue weighted by molar-refractivity contribution is 9.11. The number of nitrogens with zero attached hydrogens (tertiary/aromatic N) is 2. The number of halogens is 2. The first-order valence-electron chi connectivity index (χ1n) is 5.24. The third kappa shape index (κ3) is 2.81. The van der Waals surface area contributed by atoms with Gasteiger partial charge in [0.15, 0.2) is 5.82 Å². The minimum absolute atomic E-state index is 0.193. The number of carbonyl (C=O) groups excluding carboxylic acids is 1. The van der Waals surface area contributed by atoms with Gasteiger partial charge in [-0.1, -0.05) is 15.9 Å². The quantitative estimate of drug-likeness (QED) is 0.876. The van der Waals surface area contributed by atoms with E-state index in [1.54, 1.807) is 10.7 Å². The lowest BCUT2D eigenvalue weighted by molar-refractivity contribution is 0.102. The van der Waals surface area contributed by atoms with Crippen molar-refractivity contribution in [1.82, 2.24) is 9.78 Å². The maximum Gasteiger partial charge on any atom is 0.258 e. The van der Waals surface area contributed by atoms with E-state index in [0.29, 0.717) is 11.4 Å². The average Bonchev–Trinajstić information content (AvgIpc) is 2.61. The number of aromatic nitrogens is 2. The second-order valence-electron chi connectivity index (χ2n) is 3.87. The molecule has 0 aliphatic carbocycles. The summed E-state index contributed by atoms with van der Waals surface area (Å²) in [7, 11) is 1.83. The van der Waals surface area contributed by atoms with Crippen molar-refractivity contribution in [2.75, 3.05) is 5.32 Å². The molecule has 1 aromatic heterocycles. The topological polar surface area (TPSA) is 46.9 Å². The fourth-order valence-corrected chi connectivity index (χ4v) is 2.26. The van der Waals surface area contributed by atoms with Crippen molar-refractivity contribution >= 4 is 43.6 Å². The van der Waals surface area contributed by atoms with E-state index in [2.05, 4.69) is 42.3 Å². The summed E-state index contributed by atoms with van der Waals surface area (Å²) in [6.45, 7) is 1.93. The highest BCUT2D eigenvalue weighted by atomic mass is 79.9. The first-order chi connectivity index (χ1) is 8.47. The van der Waals surface area contributed by atoms with Gasteiger partial charge in [-0.05, 0) is 41.1 Å². The molecule has 0 saturated carbocycles. The van der Waals surface area contributed by atoms with Gasteiger partial charge < -0.3 is 5.32 Å². The van der Waals surface area contributed by atoms with Crippen LogP contribution >= 0.6 is 31.9 Å².